The predicted octanol–water partition coefficient (Wildman–Crippen LogP) is 5.52. The van der Waals surface area contributed by atoms with Crippen molar-refractivity contribution in [1.82, 2.24) is 0 Å². The number of hydrogen-bond acceptors (Lipinski definition) is 6. The molecule has 1 heterocycles. The summed E-state index contributed by atoms with van der Waals surface area (Å²) in [6.07, 6.45) is 4.22. The van der Waals surface area contributed by atoms with Crippen LogP contribution in [0.1, 0.15) is 39.2 Å². The number of ether oxygens (including phenoxy) is 3. The van der Waals surface area contributed by atoms with Gasteiger partial charge in [0, 0.05) is 22.7 Å². The van der Waals surface area contributed by atoms with Gasteiger partial charge >= 0.3 is 0 Å². The molecular weight excluding hydrogens is 424 g/mol. The Balaban J connectivity index is 1.60. The van der Waals surface area contributed by atoms with Crippen LogP contribution < -0.4 is 24.8 Å². The molecule has 1 aliphatic carbocycles. The van der Waals surface area contributed by atoms with Crippen LogP contribution in [-0.4, -0.2) is 27.2 Å². The molecule has 0 saturated heterocycles. The molecule has 0 atom stereocenters. The Morgan fingerprint density at radius 1 is 0.938 bits per heavy atom. The zero-order chi connectivity index (χ0) is 22.5. The van der Waals surface area contributed by atoms with Crippen molar-refractivity contribution in [2.24, 2.45) is 0 Å². The monoisotopic (exact) mass is 452 g/mol. The Labute approximate surface area is 192 Å². The van der Waals surface area contributed by atoms with Crippen LogP contribution in [0.2, 0.25) is 0 Å². The normalized spacial score (nSPS) is 12.6. The van der Waals surface area contributed by atoms with Crippen molar-refractivity contribution in [1.29, 1.82) is 0 Å². The molecule has 168 valence electrons. The van der Waals surface area contributed by atoms with Gasteiger partial charge in [-0.15, -0.1) is 11.3 Å². The van der Waals surface area contributed by atoms with Crippen LogP contribution >= 0.6 is 11.3 Å². The molecule has 0 saturated carbocycles. The molecule has 0 bridgehead atoms. The SMILES string of the molecule is COc1ccc(NC(=O)c2c(NCc3cc(OC)ccc3OC)sc3c2CCCC3)cc1. The van der Waals surface area contributed by atoms with E-state index in [0.29, 0.717) is 6.54 Å². The minimum Gasteiger partial charge on any atom is -0.497 e. The summed E-state index contributed by atoms with van der Waals surface area (Å²) < 4.78 is 16.1. The van der Waals surface area contributed by atoms with E-state index in [1.165, 1.54) is 10.4 Å². The number of amides is 1. The second-order valence-electron chi connectivity index (χ2n) is 7.63. The lowest BCUT2D eigenvalue weighted by Crippen LogP contribution is -2.16. The maximum Gasteiger partial charge on any atom is 0.258 e. The van der Waals surface area contributed by atoms with Crippen LogP contribution in [0.3, 0.4) is 0 Å². The van der Waals surface area contributed by atoms with Gasteiger partial charge < -0.3 is 24.8 Å². The topological polar surface area (TPSA) is 68.8 Å². The first kappa shape index (κ1) is 22.0. The number of aryl methyl sites for hydroxylation is 1. The molecule has 6 nitrogen and oxygen atoms in total. The molecule has 0 aliphatic heterocycles. The molecular formula is C25H28N2O4S. The Hall–Kier alpha value is -3.19. The standard InChI is InChI=1S/C25H28N2O4S/c1-29-18-10-8-17(9-11-18)27-24(28)23-20-6-4-5-7-22(20)32-25(23)26-15-16-14-19(30-2)12-13-21(16)31-3/h8-14,26H,4-7,15H2,1-3H3,(H,27,28). The summed E-state index contributed by atoms with van der Waals surface area (Å²) in [5.41, 5.74) is 3.64. The van der Waals surface area contributed by atoms with Gasteiger partial charge in [0.05, 0.1) is 26.9 Å². The number of thiophene rings is 1. The molecule has 2 aromatic carbocycles. The van der Waals surface area contributed by atoms with E-state index in [1.54, 1.807) is 32.7 Å². The Morgan fingerprint density at radius 2 is 1.66 bits per heavy atom. The summed E-state index contributed by atoms with van der Waals surface area (Å²) in [6.45, 7) is 0.530. The fraction of sp³-hybridized carbons (Fsp3) is 0.320. The van der Waals surface area contributed by atoms with E-state index in [9.17, 15) is 4.79 Å². The van der Waals surface area contributed by atoms with E-state index in [4.69, 9.17) is 14.2 Å². The van der Waals surface area contributed by atoms with Gasteiger partial charge in [-0.05, 0) is 73.7 Å². The van der Waals surface area contributed by atoms with Crippen molar-refractivity contribution in [3.05, 3.63) is 64.0 Å². The van der Waals surface area contributed by atoms with E-state index in [-0.39, 0.29) is 5.91 Å². The molecule has 1 amide bonds. The molecule has 2 N–H and O–H groups in total. The summed E-state index contributed by atoms with van der Waals surface area (Å²) in [6, 6.07) is 13.1. The lowest BCUT2D eigenvalue weighted by molar-refractivity contribution is 0.102. The van der Waals surface area contributed by atoms with Crippen LogP contribution in [0.4, 0.5) is 10.7 Å². The summed E-state index contributed by atoms with van der Waals surface area (Å²) in [5, 5.41) is 7.45. The maximum absolute atomic E-state index is 13.3. The fourth-order valence-corrected chi connectivity index (χ4v) is 5.28. The van der Waals surface area contributed by atoms with Crippen molar-refractivity contribution in [2.45, 2.75) is 32.2 Å². The lowest BCUT2D eigenvalue weighted by Gasteiger charge is -2.14. The van der Waals surface area contributed by atoms with Gasteiger partial charge in [0.25, 0.3) is 5.91 Å². The smallest absolute Gasteiger partial charge is 0.258 e. The third kappa shape index (κ3) is 4.67. The third-order valence-electron chi connectivity index (χ3n) is 5.67. The number of rotatable bonds is 8. The van der Waals surface area contributed by atoms with Crippen molar-refractivity contribution >= 4 is 27.9 Å². The number of anilines is 2. The second kappa shape index (κ2) is 9.96. The van der Waals surface area contributed by atoms with Gasteiger partial charge in [0.1, 0.15) is 22.2 Å². The fourth-order valence-electron chi connectivity index (χ4n) is 3.99. The highest BCUT2D eigenvalue weighted by atomic mass is 32.1. The van der Waals surface area contributed by atoms with Crippen LogP contribution in [0, 0.1) is 0 Å². The van der Waals surface area contributed by atoms with Crippen molar-refractivity contribution in [2.75, 3.05) is 32.0 Å². The van der Waals surface area contributed by atoms with Crippen molar-refractivity contribution in [3.8, 4) is 17.2 Å². The number of hydrogen-bond donors (Lipinski definition) is 2. The minimum absolute atomic E-state index is 0.0883. The Kier molecular flexibility index (Phi) is 6.85. The Bertz CT molecular complexity index is 1090. The molecule has 0 fully saturated rings. The van der Waals surface area contributed by atoms with Crippen molar-refractivity contribution < 1.29 is 19.0 Å². The molecule has 32 heavy (non-hydrogen) atoms. The van der Waals surface area contributed by atoms with E-state index in [1.807, 2.05) is 42.5 Å². The highest BCUT2D eigenvalue weighted by Gasteiger charge is 2.25. The first-order valence-electron chi connectivity index (χ1n) is 10.7. The third-order valence-corrected chi connectivity index (χ3v) is 6.92. The molecule has 0 unspecified atom stereocenters. The van der Waals surface area contributed by atoms with E-state index in [2.05, 4.69) is 10.6 Å². The number of fused-ring (bicyclic) bond motifs is 1. The highest BCUT2D eigenvalue weighted by molar-refractivity contribution is 7.16. The summed E-state index contributed by atoms with van der Waals surface area (Å²) >= 11 is 1.69. The summed E-state index contributed by atoms with van der Waals surface area (Å²) in [7, 11) is 4.93. The van der Waals surface area contributed by atoms with Crippen LogP contribution in [0.15, 0.2) is 42.5 Å². The second-order valence-corrected chi connectivity index (χ2v) is 8.73. The molecule has 0 radical (unpaired) electrons. The van der Waals surface area contributed by atoms with Gasteiger partial charge in [-0.3, -0.25) is 4.79 Å². The van der Waals surface area contributed by atoms with E-state index < -0.39 is 0 Å². The van der Waals surface area contributed by atoms with Crippen LogP contribution in [0.25, 0.3) is 0 Å². The zero-order valence-corrected chi connectivity index (χ0v) is 19.4. The van der Waals surface area contributed by atoms with Crippen LogP contribution in [0.5, 0.6) is 17.2 Å². The number of methoxy groups -OCH3 is 3. The average Bonchev–Trinajstić information content (AvgIpc) is 3.21. The highest BCUT2D eigenvalue weighted by Crippen LogP contribution is 2.39. The predicted molar refractivity (Wildman–Crippen MR) is 129 cm³/mol. The van der Waals surface area contributed by atoms with Gasteiger partial charge in [0.15, 0.2) is 0 Å². The number of nitrogens with one attached hydrogen (secondary N) is 2. The lowest BCUT2D eigenvalue weighted by atomic mass is 9.95. The Morgan fingerprint density at radius 3 is 2.38 bits per heavy atom. The quantitative estimate of drug-likeness (QED) is 0.471. The molecule has 4 rings (SSSR count). The molecule has 3 aromatic rings. The maximum atomic E-state index is 13.3. The zero-order valence-electron chi connectivity index (χ0n) is 18.6. The first-order chi connectivity index (χ1) is 15.6. The van der Waals surface area contributed by atoms with Crippen molar-refractivity contribution in [3.63, 3.8) is 0 Å². The number of carbonyl (C=O) groups excluding carboxylic acids is 1. The molecule has 7 heteroatoms. The average molecular weight is 453 g/mol. The number of benzene rings is 2. The van der Waals surface area contributed by atoms with Gasteiger partial charge in [0.2, 0.25) is 0 Å². The van der Waals surface area contributed by atoms with E-state index in [0.717, 1.165) is 64.7 Å². The molecule has 1 aromatic heterocycles. The minimum atomic E-state index is -0.0883. The van der Waals surface area contributed by atoms with Gasteiger partial charge in [-0.25, -0.2) is 0 Å². The van der Waals surface area contributed by atoms with Crippen LogP contribution in [-0.2, 0) is 19.4 Å². The largest absolute Gasteiger partial charge is 0.497 e. The summed E-state index contributed by atoms with van der Waals surface area (Å²) in [5.74, 6) is 2.22. The first-order valence-corrected chi connectivity index (χ1v) is 11.5. The number of carbonyl (C=O) groups is 1. The molecule has 1 aliphatic rings. The van der Waals surface area contributed by atoms with E-state index >= 15 is 0 Å². The molecule has 0 spiro atoms. The summed E-state index contributed by atoms with van der Waals surface area (Å²) in [4.78, 5) is 14.6. The van der Waals surface area contributed by atoms with Gasteiger partial charge in [-0.2, -0.15) is 0 Å². The van der Waals surface area contributed by atoms with Gasteiger partial charge in [-0.1, -0.05) is 0 Å².